The number of benzene rings is 1. The number of rotatable bonds is 6. The van der Waals surface area contributed by atoms with Gasteiger partial charge in [-0.15, -0.1) is 0 Å². The molecule has 0 unspecified atom stereocenters. The van der Waals surface area contributed by atoms with Gasteiger partial charge in [-0.3, -0.25) is 0 Å². The maximum Gasteiger partial charge on any atom is 0.250 e. The van der Waals surface area contributed by atoms with Crippen LogP contribution in [-0.2, 0) is 6.42 Å². The monoisotopic (exact) mass is 214 g/mol. The standard InChI is InChI=1S/C11H16F2N2/c12-11(13)8-15-7-3-5-9-4-1-2-6-10(9)14/h1-2,4,6,11,15H,3,5,7-8,14H2. The smallest absolute Gasteiger partial charge is 0.250 e. The van der Waals surface area contributed by atoms with Crippen molar-refractivity contribution in [2.45, 2.75) is 19.3 Å². The van der Waals surface area contributed by atoms with Crippen LogP contribution in [0.3, 0.4) is 0 Å². The molecule has 0 saturated heterocycles. The highest BCUT2D eigenvalue weighted by molar-refractivity contribution is 5.46. The maximum absolute atomic E-state index is 11.8. The zero-order chi connectivity index (χ0) is 11.1. The minimum absolute atomic E-state index is 0.232. The van der Waals surface area contributed by atoms with E-state index >= 15 is 0 Å². The summed E-state index contributed by atoms with van der Waals surface area (Å²) in [6.45, 7) is 0.364. The van der Waals surface area contributed by atoms with Gasteiger partial charge < -0.3 is 11.1 Å². The van der Waals surface area contributed by atoms with Crippen LogP contribution in [-0.4, -0.2) is 19.5 Å². The van der Waals surface area contributed by atoms with Gasteiger partial charge in [0.2, 0.25) is 0 Å². The minimum atomic E-state index is -2.27. The molecule has 2 nitrogen and oxygen atoms in total. The molecule has 1 aromatic rings. The molecule has 3 N–H and O–H groups in total. The van der Waals surface area contributed by atoms with E-state index in [-0.39, 0.29) is 6.54 Å². The van der Waals surface area contributed by atoms with Gasteiger partial charge in [0.25, 0.3) is 6.43 Å². The average Bonchev–Trinajstić information content (AvgIpc) is 2.20. The second-order valence-electron chi connectivity index (χ2n) is 3.40. The Kier molecular flexibility index (Phi) is 5.04. The Morgan fingerprint density at radius 3 is 2.67 bits per heavy atom. The Balaban J connectivity index is 2.18. The first-order chi connectivity index (χ1) is 7.20. The van der Waals surface area contributed by atoms with E-state index in [2.05, 4.69) is 5.32 Å². The molecule has 15 heavy (non-hydrogen) atoms. The highest BCUT2D eigenvalue weighted by Gasteiger charge is 2.01. The Bertz CT molecular complexity index is 290. The van der Waals surface area contributed by atoms with Gasteiger partial charge in [0.15, 0.2) is 0 Å². The van der Waals surface area contributed by atoms with Crippen molar-refractivity contribution in [3.05, 3.63) is 29.8 Å². The van der Waals surface area contributed by atoms with E-state index in [4.69, 9.17) is 5.73 Å². The molecule has 0 aliphatic rings. The van der Waals surface area contributed by atoms with Crippen LogP contribution in [0.2, 0.25) is 0 Å². The molecule has 0 aliphatic heterocycles. The van der Waals surface area contributed by atoms with Gasteiger partial charge in [-0.2, -0.15) is 0 Å². The molecule has 0 spiro atoms. The number of hydrogen-bond acceptors (Lipinski definition) is 2. The summed E-state index contributed by atoms with van der Waals surface area (Å²) in [5, 5.41) is 2.68. The summed E-state index contributed by atoms with van der Waals surface area (Å²) in [6.07, 6.45) is -0.629. The third-order valence-corrected chi connectivity index (χ3v) is 2.15. The van der Waals surface area contributed by atoms with Crippen LogP contribution in [0.5, 0.6) is 0 Å². The Hall–Kier alpha value is -1.16. The Morgan fingerprint density at radius 2 is 2.00 bits per heavy atom. The van der Waals surface area contributed by atoms with E-state index in [0.717, 1.165) is 24.1 Å². The molecule has 0 amide bonds. The lowest BCUT2D eigenvalue weighted by atomic mass is 10.1. The van der Waals surface area contributed by atoms with Gasteiger partial charge in [-0.25, -0.2) is 8.78 Å². The second-order valence-corrected chi connectivity index (χ2v) is 3.40. The van der Waals surface area contributed by atoms with Crippen LogP contribution in [0.1, 0.15) is 12.0 Å². The molecule has 0 aliphatic carbocycles. The molecule has 0 fully saturated rings. The SMILES string of the molecule is Nc1ccccc1CCCNCC(F)F. The van der Waals surface area contributed by atoms with Gasteiger partial charge >= 0.3 is 0 Å². The maximum atomic E-state index is 11.8. The summed E-state index contributed by atoms with van der Waals surface area (Å²) < 4.78 is 23.5. The molecule has 1 aromatic carbocycles. The predicted octanol–water partition coefficient (Wildman–Crippen LogP) is 2.06. The first-order valence-corrected chi connectivity index (χ1v) is 5.02. The largest absolute Gasteiger partial charge is 0.399 e. The lowest BCUT2D eigenvalue weighted by molar-refractivity contribution is 0.146. The predicted molar refractivity (Wildman–Crippen MR) is 58.0 cm³/mol. The number of para-hydroxylation sites is 1. The number of hydrogen-bond donors (Lipinski definition) is 2. The second kappa shape index (κ2) is 6.35. The summed E-state index contributed by atoms with van der Waals surface area (Å²) in [4.78, 5) is 0. The van der Waals surface area contributed by atoms with E-state index in [9.17, 15) is 8.78 Å². The number of nitrogens with two attached hydrogens (primary N) is 1. The zero-order valence-corrected chi connectivity index (χ0v) is 8.55. The molecule has 0 radical (unpaired) electrons. The molecule has 0 heterocycles. The van der Waals surface area contributed by atoms with Gasteiger partial charge in [-0.05, 0) is 31.0 Å². The molecule has 0 bridgehead atoms. The van der Waals surface area contributed by atoms with Crippen LogP contribution in [0.15, 0.2) is 24.3 Å². The van der Waals surface area contributed by atoms with Crippen molar-refractivity contribution < 1.29 is 8.78 Å². The highest BCUT2D eigenvalue weighted by Crippen LogP contribution is 2.11. The quantitative estimate of drug-likeness (QED) is 0.562. The first-order valence-electron chi connectivity index (χ1n) is 5.02. The van der Waals surface area contributed by atoms with Gasteiger partial charge in [-0.1, -0.05) is 18.2 Å². The first kappa shape index (κ1) is 11.9. The van der Waals surface area contributed by atoms with Crippen LogP contribution < -0.4 is 11.1 Å². The summed E-state index contributed by atoms with van der Waals surface area (Å²) in [7, 11) is 0. The number of alkyl halides is 2. The fraction of sp³-hybridized carbons (Fsp3) is 0.455. The van der Waals surface area contributed by atoms with E-state index in [0.29, 0.717) is 6.54 Å². The lowest BCUT2D eigenvalue weighted by Gasteiger charge is -2.06. The van der Waals surface area contributed by atoms with Crippen molar-refractivity contribution in [1.82, 2.24) is 5.32 Å². The van der Waals surface area contributed by atoms with Crippen molar-refractivity contribution >= 4 is 5.69 Å². The van der Waals surface area contributed by atoms with Crippen LogP contribution in [0, 0.1) is 0 Å². The normalized spacial score (nSPS) is 10.9. The third-order valence-electron chi connectivity index (χ3n) is 2.15. The van der Waals surface area contributed by atoms with Crippen molar-refractivity contribution in [2.75, 3.05) is 18.8 Å². The highest BCUT2D eigenvalue weighted by atomic mass is 19.3. The van der Waals surface area contributed by atoms with Crippen LogP contribution in [0.25, 0.3) is 0 Å². The number of aryl methyl sites for hydroxylation is 1. The summed E-state index contributed by atoms with van der Waals surface area (Å²) >= 11 is 0. The molecule has 0 saturated carbocycles. The number of nitrogen functional groups attached to an aromatic ring is 1. The molecular formula is C11H16F2N2. The Labute approximate surface area is 88.5 Å². The van der Waals surface area contributed by atoms with Gasteiger partial charge in [0.1, 0.15) is 0 Å². The minimum Gasteiger partial charge on any atom is -0.399 e. The van der Waals surface area contributed by atoms with Crippen LogP contribution in [0.4, 0.5) is 14.5 Å². The van der Waals surface area contributed by atoms with Crippen molar-refractivity contribution in [2.24, 2.45) is 0 Å². The van der Waals surface area contributed by atoms with Crippen molar-refractivity contribution in [3.8, 4) is 0 Å². The van der Waals surface area contributed by atoms with E-state index in [1.807, 2.05) is 24.3 Å². The fourth-order valence-electron chi connectivity index (χ4n) is 1.38. The summed E-state index contributed by atoms with van der Waals surface area (Å²) in [5.41, 5.74) is 7.59. The van der Waals surface area contributed by atoms with Crippen molar-refractivity contribution in [3.63, 3.8) is 0 Å². The van der Waals surface area contributed by atoms with Gasteiger partial charge in [0, 0.05) is 5.69 Å². The molecular weight excluding hydrogens is 198 g/mol. The van der Waals surface area contributed by atoms with Gasteiger partial charge in [0.05, 0.1) is 6.54 Å². The van der Waals surface area contributed by atoms with Crippen LogP contribution >= 0.6 is 0 Å². The molecule has 0 atom stereocenters. The molecule has 4 heteroatoms. The summed E-state index contributed by atoms with van der Waals surface area (Å²) in [6, 6.07) is 7.62. The Morgan fingerprint density at radius 1 is 1.27 bits per heavy atom. The third kappa shape index (κ3) is 4.74. The number of nitrogens with one attached hydrogen (secondary N) is 1. The van der Waals surface area contributed by atoms with Crippen molar-refractivity contribution in [1.29, 1.82) is 0 Å². The molecule has 0 aromatic heterocycles. The number of anilines is 1. The summed E-state index contributed by atoms with van der Waals surface area (Å²) in [5.74, 6) is 0. The van der Waals surface area contributed by atoms with E-state index < -0.39 is 6.43 Å². The van der Waals surface area contributed by atoms with E-state index in [1.54, 1.807) is 0 Å². The average molecular weight is 214 g/mol. The fourth-order valence-corrected chi connectivity index (χ4v) is 1.38. The van der Waals surface area contributed by atoms with E-state index in [1.165, 1.54) is 0 Å². The molecule has 84 valence electrons. The molecule has 1 rings (SSSR count). The zero-order valence-electron chi connectivity index (χ0n) is 8.55. The topological polar surface area (TPSA) is 38.0 Å². The number of halogens is 2. The lowest BCUT2D eigenvalue weighted by Crippen LogP contribution is -2.22.